The highest BCUT2D eigenvalue weighted by molar-refractivity contribution is 5.42. The van der Waals surface area contributed by atoms with Crippen LogP contribution < -0.4 is 10.1 Å². The summed E-state index contributed by atoms with van der Waals surface area (Å²) < 4.78 is 5.39. The normalized spacial score (nSPS) is 16.9. The van der Waals surface area contributed by atoms with Crippen LogP contribution in [0, 0.1) is 0 Å². The predicted octanol–water partition coefficient (Wildman–Crippen LogP) is 2.90. The molecule has 0 amide bonds. The van der Waals surface area contributed by atoms with Crippen molar-refractivity contribution in [3.05, 3.63) is 29.3 Å². The first-order valence-electron chi connectivity index (χ1n) is 6.64. The average molecular weight is 233 g/mol. The highest BCUT2D eigenvalue weighted by atomic mass is 16.5. The maximum Gasteiger partial charge on any atom is 0.122 e. The number of methoxy groups -OCH3 is 1. The topological polar surface area (TPSA) is 21.3 Å². The fourth-order valence-electron chi connectivity index (χ4n) is 2.47. The summed E-state index contributed by atoms with van der Waals surface area (Å²) in [5, 5.41) is 3.48. The van der Waals surface area contributed by atoms with E-state index in [0.717, 1.165) is 25.3 Å². The maximum atomic E-state index is 5.39. The van der Waals surface area contributed by atoms with Crippen LogP contribution in [0.25, 0.3) is 0 Å². The third-order valence-corrected chi connectivity index (χ3v) is 3.84. The molecule has 0 radical (unpaired) electrons. The molecule has 1 aliphatic carbocycles. The third kappa shape index (κ3) is 2.47. The van der Waals surface area contributed by atoms with Crippen LogP contribution in [0.3, 0.4) is 0 Å². The fraction of sp³-hybridized carbons (Fsp3) is 0.600. The van der Waals surface area contributed by atoms with Crippen molar-refractivity contribution in [2.45, 2.75) is 38.5 Å². The molecule has 2 nitrogen and oxygen atoms in total. The summed E-state index contributed by atoms with van der Waals surface area (Å²) in [6, 6.07) is 6.70. The van der Waals surface area contributed by atoms with Crippen LogP contribution in [0.5, 0.6) is 5.75 Å². The Balaban J connectivity index is 2.21. The number of rotatable bonds is 6. The van der Waals surface area contributed by atoms with Gasteiger partial charge in [-0.2, -0.15) is 0 Å². The number of benzene rings is 1. The van der Waals surface area contributed by atoms with Gasteiger partial charge in [0.15, 0.2) is 0 Å². The summed E-state index contributed by atoms with van der Waals surface area (Å²) in [7, 11) is 1.75. The summed E-state index contributed by atoms with van der Waals surface area (Å²) in [4.78, 5) is 0. The van der Waals surface area contributed by atoms with Crippen molar-refractivity contribution < 1.29 is 4.74 Å². The molecular weight excluding hydrogens is 210 g/mol. The molecule has 1 N–H and O–H groups in total. The Kier molecular flexibility index (Phi) is 3.72. The van der Waals surface area contributed by atoms with Crippen LogP contribution in [0.1, 0.15) is 37.8 Å². The molecule has 1 saturated carbocycles. The van der Waals surface area contributed by atoms with Gasteiger partial charge in [-0.25, -0.2) is 0 Å². The zero-order valence-electron chi connectivity index (χ0n) is 11.2. The molecule has 0 aromatic heterocycles. The van der Waals surface area contributed by atoms with Gasteiger partial charge >= 0.3 is 0 Å². The molecule has 1 aliphatic rings. The summed E-state index contributed by atoms with van der Waals surface area (Å²) in [5.41, 5.74) is 3.22. The number of hydrogen-bond donors (Lipinski definition) is 1. The van der Waals surface area contributed by atoms with E-state index < -0.39 is 0 Å². The van der Waals surface area contributed by atoms with Gasteiger partial charge in [-0.3, -0.25) is 0 Å². The van der Waals surface area contributed by atoms with E-state index in [9.17, 15) is 0 Å². The first-order valence-corrected chi connectivity index (χ1v) is 6.64. The summed E-state index contributed by atoms with van der Waals surface area (Å²) in [5.74, 6) is 1.02. The lowest BCUT2D eigenvalue weighted by Gasteiger charge is -2.18. The number of aryl methyl sites for hydroxylation is 1. The minimum absolute atomic E-state index is 0.409. The molecule has 0 atom stereocenters. The molecular formula is C15H23NO. The molecule has 1 aromatic carbocycles. The lowest BCUT2D eigenvalue weighted by Crippen LogP contribution is -2.26. The van der Waals surface area contributed by atoms with Crippen LogP contribution in [0.15, 0.2) is 18.2 Å². The molecule has 2 rings (SSSR count). The number of likely N-dealkylation sites (N-methyl/N-ethyl adjacent to an activating group) is 1. The van der Waals surface area contributed by atoms with E-state index in [-0.39, 0.29) is 0 Å². The van der Waals surface area contributed by atoms with Gasteiger partial charge in [-0.15, -0.1) is 0 Å². The molecule has 0 spiro atoms. The zero-order chi connectivity index (χ0) is 12.3. The van der Waals surface area contributed by atoms with Gasteiger partial charge < -0.3 is 10.1 Å². The largest absolute Gasteiger partial charge is 0.496 e. The molecule has 0 aliphatic heterocycles. The molecule has 1 fully saturated rings. The van der Waals surface area contributed by atoms with E-state index >= 15 is 0 Å². The zero-order valence-corrected chi connectivity index (χ0v) is 11.2. The maximum absolute atomic E-state index is 5.39. The lowest BCUT2D eigenvalue weighted by atomic mass is 9.93. The van der Waals surface area contributed by atoms with Gasteiger partial charge in [-0.05, 0) is 43.0 Å². The minimum atomic E-state index is 0.409. The molecule has 0 bridgehead atoms. The van der Waals surface area contributed by atoms with Gasteiger partial charge in [0.1, 0.15) is 5.75 Å². The SMILES string of the molecule is CCNCC1(c2ccc(OC)c(CC)c2)CC1. The van der Waals surface area contributed by atoms with Crippen LogP contribution in [-0.4, -0.2) is 20.2 Å². The molecule has 0 saturated heterocycles. The number of hydrogen-bond acceptors (Lipinski definition) is 2. The quantitative estimate of drug-likeness (QED) is 0.815. The van der Waals surface area contributed by atoms with Crippen molar-refractivity contribution in [2.24, 2.45) is 0 Å². The molecule has 0 unspecified atom stereocenters. The Morgan fingerprint density at radius 3 is 2.59 bits per heavy atom. The Hall–Kier alpha value is -1.02. The summed E-state index contributed by atoms with van der Waals surface area (Å²) in [6.45, 7) is 6.52. The van der Waals surface area contributed by atoms with E-state index in [1.165, 1.54) is 24.0 Å². The highest BCUT2D eigenvalue weighted by Gasteiger charge is 2.43. The standard InChI is InChI=1S/C15H23NO/c1-4-12-10-13(6-7-14(12)17-3)15(8-9-15)11-16-5-2/h6-7,10,16H,4-5,8-9,11H2,1-3H3. The Labute approximate surface area is 104 Å². The Bertz CT molecular complexity index is 383. The monoisotopic (exact) mass is 233 g/mol. The van der Waals surface area contributed by atoms with E-state index in [4.69, 9.17) is 4.74 Å². The van der Waals surface area contributed by atoms with E-state index in [0.29, 0.717) is 5.41 Å². The molecule has 2 heteroatoms. The van der Waals surface area contributed by atoms with Crippen LogP contribution in [0.2, 0.25) is 0 Å². The second-order valence-corrected chi connectivity index (χ2v) is 4.94. The van der Waals surface area contributed by atoms with E-state index in [2.05, 4.69) is 37.4 Å². The molecule has 94 valence electrons. The van der Waals surface area contributed by atoms with Crippen LogP contribution in [0.4, 0.5) is 0 Å². The number of nitrogens with one attached hydrogen (secondary N) is 1. The van der Waals surface area contributed by atoms with Gasteiger partial charge in [-0.1, -0.05) is 26.0 Å². The fourth-order valence-corrected chi connectivity index (χ4v) is 2.47. The van der Waals surface area contributed by atoms with Crippen molar-refractivity contribution in [2.75, 3.05) is 20.2 Å². The smallest absolute Gasteiger partial charge is 0.122 e. The second-order valence-electron chi connectivity index (χ2n) is 4.94. The average Bonchev–Trinajstić information content (AvgIpc) is 3.16. The van der Waals surface area contributed by atoms with E-state index in [1.807, 2.05) is 0 Å². The molecule has 1 aromatic rings. The van der Waals surface area contributed by atoms with Gasteiger partial charge in [0.25, 0.3) is 0 Å². The molecule has 0 heterocycles. The number of ether oxygens (including phenoxy) is 1. The van der Waals surface area contributed by atoms with Gasteiger partial charge in [0.05, 0.1) is 7.11 Å². The third-order valence-electron chi connectivity index (χ3n) is 3.84. The summed E-state index contributed by atoms with van der Waals surface area (Å²) >= 11 is 0. The first kappa shape index (κ1) is 12.4. The Morgan fingerprint density at radius 1 is 1.29 bits per heavy atom. The highest BCUT2D eigenvalue weighted by Crippen LogP contribution is 2.48. The van der Waals surface area contributed by atoms with Crippen LogP contribution in [-0.2, 0) is 11.8 Å². The molecule has 17 heavy (non-hydrogen) atoms. The minimum Gasteiger partial charge on any atom is -0.496 e. The van der Waals surface area contributed by atoms with Crippen molar-refractivity contribution in [3.63, 3.8) is 0 Å². The van der Waals surface area contributed by atoms with E-state index in [1.54, 1.807) is 7.11 Å². The first-order chi connectivity index (χ1) is 8.25. The van der Waals surface area contributed by atoms with Gasteiger partial charge in [0.2, 0.25) is 0 Å². The lowest BCUT2D eigenvalue weighted by molar-refractivity contribution is 0.409. The van der Waals surface area contributed by atoms with Crippen LogP contribution >= 0.6 is 0 Å². The predicted molar refractivity (Wildman–Crippen MR) is 71.8 cm³/mol. The second kappa shape index (κ2) is 5.09. The van der Waals surface area contributed by atoms with Crippen molar-refractivity contribution in [1.29, 1.82) is 0 Å². The van der Waals surface area contributed by atoms with Crippen molar-refractivity contribution in [3.8, 4) is 5.75 Å². The Morgan fingerprint density at radius 2 is 2.06 bits per heavy atom. The van der Waals surface area contributed by atoms with Gasteiger partial charge in [0, 0.05) is 12.0 Å². The van der Waals surface area contributed by atoms with Crippen molar-refractivity contribution >= 4 is 0 Å². The van der Waals surface area contributed by atoms with Crippen molar-refractivity contribution in [1.82, 2.24) is 5.32 Å². The summed E-state index contributed by atoms with van der Waals surface area (Å²) in [6.07, 6.45) is 3.67.